The molecule has 2 rings (SSSR count). The normalized spacial score (nSPS) is 16.5. The molecular formula is C16H16F2O6. The summed E-state index contributed by atoms with van der Waals surface area (Å²) in [4.78, 5) is 23.8. The Morgan fingerprint density at radius 1 is 1.17 bits per heavy atom. The molecule has 0 aliphatic carbocycles. The first-order chi connectivity index (χ1) is 11.2. The van der Waals surface area contributed by atoms with Crippen molar-refractivity contribution in [2.24, 2.45) is 0 Å². The molecule has 1 aromatic carbocycles. The van der Waals surface area contributed by atoms with Crippen molar-refractivity contribution in [3.63, 3.8) is 0 Å². The Bertz CT molecular complexity index is 659. The standard InChI is InChI=1S/C16H16F2O6/c1-4-21-12-8-9(5-6-11(12)22-15(17)18)7-10-13(19)23-16(2,3)24-14(10)20/h5-8,15H,4H2,1-3H3. The maximum absolute atomic E-state index is 12.4. The second-order valence-electron chi connectivity index (χ2n) is 5.25. The van der Waals surface area contributed by atoms with E-state index >= 15 is 0 Å². The van der Waals surface area contributed by atoms with Crippen molar-refractivity contribution in [1.29, 1.82) is 0 Å². The molecule has 0 saturated carbocycles. The number of hydrogen-bond acceptors (Lipinski definition) is 6. The number of esters is 2. The van der Waals surface area contributed by atoms with Crippen LogP contribution in [-0.4, -0.2) is 30.9 Å². The molecule has 8 heteroatoms. The largest absolute Gasteiger partial charge is 0.490 e. The van der Waals surface area contributed by atoms with Crippen LogP contribution in [0.3, 0.4) is 0 Å². The highest BCUT2D eigenvalue weighted by molar-refractivity contribution is 6.18. The fraction of sp³-hybridized carbons (Fsp3) is 0.375. The van der Waals surface area contributed by atoms with Gasteiger partial charge in [-0.1, -0.05) is 6.07 Å². The van der Waals surface area contributed by atoms with Gasteiger partial charge >= 0.3 is 18.6 Å². The van der Waals surface area contributed by atoms with Crippen LogP contribution in [0.4, 0.5) is 8.78 Å². The van der Waals surface area contributed by atoms with Gasteiger partial charge in [0.2, 0.25) is 0 Å². The fourth-order valence-electron chi connectivity index (χ4n) is 2.02. The highest BCUT2D eigenvalue weighted by Crippen LogP contribution is 2.31. The van der Waals surface area contributed by atoms with Gasteiger partial charge in [0.15, 0.2) is 11.5 Å². The predicted molar refractivity (Wildman–Crippen MR) is 78.5 cm³/mol. The number of ether oxygens (including phenoxy) is 4. The van der Waals surface area contributed by atoms with E-state index in [0.717, 1.165) is 0 Å². The number of rotatable bonds is 5. The fourth-order valence-corrected chi connectivity index (χ4v) is 2.02. The maximum Gasteiger partial charge on any atom is 0.387 e. The Balaban J connectivity index is 2.33. The SMILES string of the molecule is CCOc1cc(C=C2C(=O)OC(C)(C)OC2=O)ccc1OC(F)F. The molecule has 130 valence electrons. The third-order valence-electron chi connectivity index (χ3n) is 2.91. The van der Waals surface area contributed by atoms with Gasteiger partial charge in [-0.05, 0) is 30.7 Å². The molecule has 0 N–H and O–H groups in total. The quantitative estimate of drug-likeness (QED) is 0.465. The summed E-state index contributed by atoms with van der Waals surface area (Å²) >= 11 is 0. The average molecular weight is 342 g/mol. The van der Waals surface area contributed by atoms with Crippen molar-refractivity contribution in [2.45, 2.75) is 33.2 Å². The van der Waals surface area contributed by atoms with Crippen LogP contribution in [0, 0.1) is 0 Å². The predicted octanol–water partition coefficient (Wildman–Crippen LogP) is 2.91. The third kappa shape index (κ3) is 4.21. The van der Waals surface area contributed by atoms with Crippen molar-refractivity contribution < 1.29 is 37.3 Å². The zero-order chi connectivity index (χ0) is 17.9. The van der Waals surface area contributed by atoms with Crippen LogP contribution in [0.5, 0.6) is 11.5 Å². The Morgan fingerprint density at radius 2 is 1.79 bits per heavy atom. The van der Waals surface area contributed by atoms with E-state index < -0.39 is 24.3 Å². The molecule has 0 atom stereocenters. The van der Waals surface area contributed by atoms with Gasteiger partial charge in [-0.2, -0.15) is 8.78 Å². The summed E-state index contributed by atoms with van der Waals surface area (Å²) in [5, 5.41) is 0. The van der Waals surface area contributed by atoms with Crippen molar-refractivity contribution in [3.8, 4) is 11.5 Å². The summed E-state index contributed by atoms with van der Waals surface area (Å²) in [7, 11) is 0. The number of halogens is 2. The molecular weight excluding hydrogens is 326 g/mol. The van der Waals surface area contributed by atoms with Gasteiger partial charge in [-0.15, -0.1) is 0 Å². The van der Waals surface area contributed by atoms with Gasteiger partial charge in [0, 0.05) is 13.8 Å². The molecule has 0 amide bonds. The number of cyclic esters (lactones) is 2. The zero-order valence-electron chi connectivity index (χ0n) is 13.3. The molecule has 1 aliphatic heterocycles. The molecule has 0 unspecified atom stereocenters. The topological polar surface area (TPSA) is 71.1 Å². The molecule has 1 aliphatic rings. The maximum atomic E-state index is 12.4. The van der Waals surface area contributed by atoms with Crippen LogP contribution in [0.15, 0.2) is 23.8 Å². The zero-order valence-corrected chi connectivity index (χ0v) is 13.3. The lowest BCUT2D eigenvalue weighted by Crippen LogP contribution is -2.41. The number of carbonyl (C=O) groups is 2. The summed E-state index contributed by atoms with van der Waals surface area (Å²) in [6.07, 6.45) is 1.23. The molecule has 1 heterocycles. The second kappa shape index (κ2) is 6.86. The smallest absolute Gasteiger partial charge is 0.387 e. The van der Waals surface area contributed by atoms with Crippen LogP contribution >= 0.6 is 0 Å². The van der Waals surface area contributed by atoms with Crippen molar-refractivity contribution >= 4 is 18.0 Å². The highest BCUT2D eigenvalue weighted by Gasteiger charge is 2.38. The molecule has 1 aromatic rings. The van der Waals surface area contributed by atoms with E-state index in [4.69, 9.17) is 14.2 Å². The minimum atomic E-state index is -3.00. The molecule has 1 fully saturated rings. The number of benzene rings is 1. The van der Waals surface area contributed by atoms with Crippen LogP contribution in [0.25, 0.3) is 6.08 Å². The monoisotopic (exact) mass is 342 g/mol. The lowest BCUT2D eigenvalue weighted by Gasteiger charge is -2.29. The Hall–Kier alpha value is -2.64. The summed E-state index contributed by atoms with van der Waals surface area (Å²) in [5.74, 6) is -3.09. The minimum Gasteiger partial charge on any atom is -0.490 e. The summed E-state index contributed by atoms with van der Waals surface area (Å²) in [6.45, 7) is 1.76. The molecule has 0 aromatic heterocycles. The lowest BCUT2D eigenvalue weighted by molar-refractivity contribution is -0.222. The van der Waals surface area contributed by atoms with E-state index in [-0.39, 0.29) is 23.7 Å². The molecule has 0 radical (unpaired) electrons. The summed E-state index contributed by atoms with van der Waals surface area (Å²) in [6, 6.07) is 4.02. The first-order valence-corrected chi connectivity index (χ1v) is 7.12. The van der Waals surface area contributed by atoms with E-state index in [9.17, 15) is 18.4 Å². The minimum absolute atomic E-state index is 0.0602. The molecule has 0 spiro atoms. The number of carbonyl (C=O) groups excluding carboxylic acids is 2. The average Bonchev–Trinajstić information content (AvgIpc) is 2.44. The molecule has 1 saturated heterocycles. The molecule has 6 nitrogen and oxygen atoms in total. The van der Waals surface area contributed by atoms with E-state index in [0.29, 0.717) is 5.56 Å². The first-order valence-electron chi connectivity index (χ1n) is 7.12. The van der Waals surface area contributed by atoms with Crippen molar-refractivity contribution in [2.75, 3.05) is 6.61 Å². The molecule has 24 heavy (non-hydrogen) atoms. The van der Waals surface area contributed by atoms with E-state index in [2.05, 4.69) is 4.74 Å². The van der Waals surface area contributed by atoms with Gasteiger partial charge in [-0.3, -0.25) is 0 Å². The molecule has 0 bridgehead atoms. The van der Waals surface area contributed by atoms with E-state index in [1.807, 2.05) is 0 Å². The summed E-state index contributed by atoms with van der Waals surface area (Å²) in [5.41, 5.74) is 0.0583. The van der Waals surface area contributed by atoms with Crippen molar-refractivity contribution in [3.05, 3.63) is 29.3 Å². The van der Waals surface area contributed by atoms with Crippen molar-refractivity contribution in [1.82, 2.24) is 0 Å². The Kier molecular flexibility index (Phi) is 5.06. The number of hydrogen-bond donors (Lipinski definition) is 0. The second-order valence-corrected chi connectivity index (χ2v) is 5.25. The van der Waals surface area contributed by atoms with Gasteiger partial charge in [0.1, 0.15) is 5.57 Å². The third-order valence-corrected chi connectivity index (χ3v) is 2.91. The Labute approximate surface area is 136 Å². The van der Waals surface area contributed by atoms with Gasteiger partial charge in [0.05, 0.1) is 6.61 Å². The van der Waals surface area contributed by atoms with E-state index in [1.54, 1.807) is 6.92 Å². The van der Waals surface area contributed by atoms with Crippen LogP contribution in [0.2, 0.25) is 0 Å². The van der Waals surface area contributed by atoms with Gasteiger partial charge in [0.25, 0.3) is 5.79 Å². The lowest BCUT2D eigenvalue weighted by atomic mass is 10.1. The Morgan fingerprint density at radius 3 is 2.33 bits per heavy atom. The highest BCUT2D eigenvalue weighted by atomic mass is 19.3. The number of alkyl halides is 2. The van der Waals surface area contributed by atoms with Gasteiger partial charge < -0.3 is 18.9 Å². The first kappa shape index (κ1) is 17.7. The van der Waals surface area contributed by atoms with Crippen LogP contribution in [0.1, 0.15) is 26.3 Å². The van der Waals surface area contributed by atoms with Crippen LogP contribution in [-0.2, 0) is 19.1 Å². The van der Waals surface area contributed by atoms with Gasteiger partial charge in [-0.25, -0.2) is 9.59 Å². The van der Waals surface area contributed by atoms with E-state index in [1.165, 1.54) is 38.1 Å². The van der Waals surface area contributed by atoms with Crippen LogP contribution < -0.4 is 9.47 Å². The summed E-state index contributed by atoms with van der Waals surface area (Å²) < 4.78 is 44.3.